The molecule has 5 aromatic rings. The SMILES string of the molecule is Cc1ccc(S(=O)(=O)n2cc(-c3ccc4ncc([N+](=O)[O-])c(N(C)C5CCN(C)CC5)c4c3)c3cccnc32)cc1. The molecule has 1 aliphatic rings. The van der Waals surface area contributed by atoms with Gasteiger partial charge < -0.3 is 9.80 Å². The Morgan fingerprint density at radius 3 is 2.46 bits per heavy atom. The van der Waals surface area contributed by atoms with E-state index in [9.17, 15) is 18.5 Å². The third-order valence-corrected chi connectivity index (χ3v) is 9.69. The third kappa shape index (κ3) is 4.70. The van der Waals surface area contributed by atoms with Gasteiger partial charge >= 0.3 is 5.69 Å². The number of benzene rings is 2. The molecule has 0 atom stereocenters. The minimum absolute atomic E-state index is 0.0536. The molecule has 0 spiro atoms. The maximum absolute atomic E-state index is 13.7. The average Bonchev–Trinajstić information content (AvgIpc) is 3.37. The quantitative estimate of drug-likeness (QED) is 0.201. The summed E-state index contributed by atoms with van der Waals surface area (Å²) in [6, 6.07) is 16.0. The van der Waals surface area contributed by atoms with E-state index in [4.69, 9.17) is 0 Å². The Morgan fingerprint density at radius 1 is 1.02 bits per heavy atom. The lowest BCUT2D eigenvalue weighted by Crippen LogP contribution is -2.42. The van der Waals surface area contributed by atoms with Crippen molar-refractivity contribution in [3.63, 3.8) is 0 Å². The number of rotatable bonds is 6. The van der Waals surface area contributed by atoms with Crippen LogP contribution >= 0.6 is 0 Å². The maximum atomic E-state index is 13.7. The number of aromatic nitrogens is 3. The highest BCUT2D eigenvalue weighted by Crippen LogP contribution is 2.40. The van der Waals surface area contributed by atoms with Crippen LogP contribution in [-0.4, -0.2) is 65.4 Å². The maximum Gasteiger partial charge on any atom is 0.311 e. The van der Waals surface area contributed by atoms with Crippen LogP contribution in [0.3, 0.4) is 0 Å². The van der Waals surface area contributed by atoms with Crippen molar-refractivity contribution >= 4 is 43.3 Å². The van der Waals surface area contributed by atoms with Gasteiger partial charge in [-0.1, -0.05) is 23.8 Å². The molecule has 0 saturated carbocycles. The Bertz CT molecular complexity index is 1890. The fourth-order valence-corrected chi connectivity index (χ4v) is 7.00. The summed E-state index contributed by atoms with van der Waals surface area (Å²) in [5.41, 5.74) is 3.73. The average molecular weight is 571 g/mol. The molecular weight excluding hydrogens is 540 g/mol. The molecule has 1 aliphatic heterocycles. The van der Waals surface area contributed by atoms with Gasteiger partial charge in [0.2, 0.25) is 0 Å². The minimum Gasteiger partial charge on any atom is -0.365 e. The highest BCUT2D eigenvalue weighted by molar-refractivity contribution is 7.90. The van der Waals surface area contributed by atoms with Gasteiger partial charge in [0, 0.05) is 41.8 Å². The number of nitro groups is 1. The van der Waals surface area contributed by atoms with Crippen molar-refractivity contribution < 1.29 is 13.3 Å². The van der Waals surface area contributed by atoms with E-state index in [1.165, 1.54) is 10.2 Å². The molecule has 0 amide bonds. The van der Waals surface area contributed by atoms with E-state index in [-0.39, 0.29) is 21.5 Å². The molecule has 3 aromatic heterocycles. The Labute approximate surface area is 238 Å². The number of piperidine rings is 1. The van der Waals surface area contributed by atoms with Crippen LogP contribution in [0, 0.1) is 17.0 Å². The molecule has 210 valence electrons. The molecule has 41 heavy (non-hydrogen) atoms. The number of anilines is 1. The topological polar surface area (TPSA) is 114 Å². The molecule has 4 heterocycles. The summed E-state index contributed by atoms with van der Waals surface area (Å²) in [6.07, 6.45) is 6.26. The molecule has 0 N–H and O–H groups in total. The molecule has 11 heteroatoms. The molecular formula is C30H30N6O4S. The normalized spacial score (nSPS) is 15.0. The summed E-state index contributed by atoms with van der Waals surface area (Å²) in [5.74, 6) is 0. The van der Waals surface area contributed by atoms with Crippen molar-refractivity contribution in [2.45, 2.75) is 30.7 Å². The van der Waals surface area contributed by atoms with Gasteiger partial charge in [0.25, 0.3) is 10.0 Å². The summed E-state index contributed by atoms with van der Waals surface area (Å²) in [5, 5.41) is 13.5. The van der Waals surface area contributed by atoms with Gasteiger partial charge in [-0.05, 0) is 81.9 Å². The lowest BCUT2D eigenvalue weighted by Gasteiger charge is -2.36. The van der Waals surface area contributed by atoms with Gasteiger partial charge in [0.1, 0.15) is 11.9 Å². The van der Waals surface area contributed by atoms with Crippen LogP contribution in [0.1, 0.15) is 18.4 Å². The predicted octanol–water partition coefficient (Wildman–Crippen LogP) is 5.24. The van der Waals surface area contributed by atoms with Crippen molar-refractivity contribution in [3.8, 4) is 11.1 Å². The third-order valence-electron chi connectivity index (χ3n) is 8.03. The largest absolute Gasteiger partial charge is 0.365 e. The first-order valence-corrected chi connectivity index (χ1v) is 14.9. The van der Waals surface area contributed by atoms with E-state index < -0.39 is 10.0 Å². The second kappa shape index (κ2) is 10.2. The number of hydrogen-bond donors (Lipinski definition) is 0. The standard InChI is InChI=1S/C30H30N6O4S/c1-20-6-9-23(10-7-20)41(39,40)35-19-26(24-5-4-14-31-30(24)35)21-8-11-27-25(17-21)29(28(18-32-27)36(37)38)34(3)22-12-15-33(2)16-13-22/h4-11,14,17-19,22H,12-13,15-16H2,1-3H3. The van der Waals surface area contributed by atoms with E-state index >= 15 is 0 Å². The first-order valence-electron chi connectivity index (χ1n) is 13.4. The monoisotopic (exact) mass is 570 g/mol. The lowest BCUT2D eigenvalue weighted by atomic mass is 9.99. The van der Waals surface area contributed by atoms with Crippen LogP contribution in [0.5, 0.6) is 0 Å². The van der Waals surface area contributed by atoms with E-state index in [1.54, 1.807) is 42.7 Å². The molecule has 10 nitrogen and oxygen atoms in total. The van der Waals surface area contributed by atoms with Crippen molar-refractivity contribution in [2.75, 3.05) is 32.1 Å². The van der Waals surface area contributed by atoms with Crippen LogP contribution < -0.4 is 4.90 Å². The van der Waals surface area contributed by atoms with E-state index in [1.807, 2.05) is 43.1 Å². The number of hydrogen-bond acceptors (Lipinski definition) is 8. The van der Waals surface area contributed by atoms with E-state index in [2.05, 4.69) is 21.9 Å². The highest BCUT2D eigenvalue weighted by atomic mass is 32.2. The lowest BCUT2D eigenvalue weighted by molar-refractivity contribution is -0.384. The van der Waals surface area contributed by atoms with Crippen LogP contribution in [-0.2, 0) is 10.0 Å². The molecule has 0 unspecified atom stereocenters. The first kappa shape index (κ1) is 26.9. The van der Waals surface area contributed by atoms with Gasteiger partial charge in [0.15, 0.2) is 5.65 Å². The first-order chi connectivity index (χ1) is 19.6. The second-order valence-corrected chi connectivity index (χ2v) is 12.5. The van der Waals surface area contributed by atoms with E-state index in [0.717, 1.165) is 31.5 Å². The Hall–Kier alpha value is -4.35. The molecule has 0 bridgehead atoms. The molecule has 1 fully saturated rings. The van der Waals surface area contributed by atoms with Crippen LogP contribution in [0.25, 0.3) is 33.1 Å². The molecule has 1 saturated heterocycles. The zero-order chi connectivity index (χ0) is 28.9. The zero-order valence-corrected chi connectivity index (χ0v) is 23.9. The fourth-order valence-electron chi connectivity index (χ4n) is 5.67. The smallest absolute Gasteiger partial charge is 0.311 e. The summed E-state index contributed by atoms with van der Waals surface area (Å²) in [4.78, 5) is 25.0. The number of aryl methyl sites for hydroxylation is 1. The van der Waals surface area contributed by atoms with Crippen molar-refractivity contribution in [1.29, 1.82) is 0 Å². The van der Waals surface area contributed by atoms with Gasteiger partial charge in [-0.3, -0.25) is 10.1 Å². The van der Waals surface area contributed by atoms with Crippen molar-refractivity contribution in [2.24, 2.45) is 0 Å². The molecule has 2 aromatic carbocycles. The van der Waals surface area contributed by atoms with Crippen LogP contribution in [0.15, 0.2) is 78.1 Å². The Morgan fingerprint density at radius 2 is 1.76 bits per heavy atom. The summed E-state index contributed by atoms with van der Waals surface area (Å²) < 4.78 is 28.6. The van der Waals surface area contributed by atoms with Gasteiger partial charge in [0.05, 0.1) is 15.3 Å². The molecule has 0 radical (unpaired) electrons. The van der Waals surface area contributed by atoms with Gasteiger partial charge in [-0.2, -0.15) is 0 Å². The molecule has 0 aliphatic carbocycles. The van der Waals surface area contributed by atoms with Crippen molar-refractivity contribution in [1.82, 2.24) is 18.8 Å². The minimum atomic E-state index is -3.93. The Balaban J connectivity index is 1.53. The predicted molar refractivity (Wildman–Crippen MR) is 160 cm³/mol. The summed E-state index contributed by atoms with van der Waals surface area (Å²) in [7, 11) is 0.0613. The zero-order valence-electron chi connectivity index (χ0n) is 23.1. The summed E-state index contributed by atoms with van der Waals surface area (Å²) >= 11 is 0. The Kier molecular flexibility index (Phi) is 6.71. The number of nitrogens with zero attached hydrogens (tertiary/aromatic N) is 6. The van der Waals surface area contributed by atoms with Crippen LogP contribution in [0.4, 0.5) is 11.4 Å². The van der Waals surface area contributed by atoms with Crippen LogP contribution in [0.2, 0.25) is 0 Å². The van der Waals surface area contributed by atoms with Gasteiger partial charge in [-0.25, -0.2) is 22.4 Å². The summed E-state index contributed by atoms with van der Waals surface area (Å²) in [6.45, 7) is 3.73. The number of fused-ring (bicyclic) bond motifs is 2. The molecule has 6 rings (SSSR count). The number of pyridine rings is 2. The van der Waals surface area contributed by atoms with Gasteiger partial charge in [-0.15, -0.1) is 0 Å². The van der Waals surface area contributed by atoms with Crippen molar-refractivity contribution in [3.05, 3.63) is 88.9 Å². The fraction of sp³-hybridized carbons (Fsp3) is 0.267. The second-order valence-electron chi connectivity index (χ2n) is 10.7. The highest BCUT2D eigenvalue weighted by Gasteiger charge is 2.29. The van der Waals surface area contributed by atoms with E-state index in [0.29, 0.717) is 38.8 Å². The number of likely N-dealkylation sites (tertiary alicyclic amines) is 1.